The SMILES string of the molecule is CC(C)C(NC(=O)C(Cc1cnc[nH]1)NC(=O)C(N)CCC(=O)O)C(=O)NC(CS)C(=O)O. The number of aliphatic carboxylic acids is 2. The van der Waals surface area contributed by atoms with Crippen LogP contribution in [-0.4, -0.2) is 79.8 Å². The fraction of sp³-hybridized carbons (Fsp3) is 0.579. The number of carboxylic acids is 2. The Bertz CT molecular complexity index is 833. The summed E-state index contributed by atoms with van der Waals surface area (Å²) >= 11 is 3.90. The number of nitrogens with two attached hydrogens (primary N) is 1. The van der Waals surface area contributed by atoms with Crippen molar-refractivity contribution < 1.29 is 34.2 Å². The first-order valence-corrected chi connectivity index (χ1v) is 10.8. The summed E-state index contributed by atoms with van der Waals surface area (Å²) < 4.78 is 0. The van der Waals surface area contributed by atoms with E-state index in [2.05, 4.69) is 38.5 Å². The number of rotatable bonds is 14. The molecule has 0 aliphatic heterocycles. The number of imidazole rings is 1. The molecule has 0 saturated carbocycles. The minimum Gasteiger partial charge on any atom is -0.481 e. The van der Waals surface area contributed by atoms with Gasteiger partial charge in [0.1, 0.15) is 18.1 Å². The van der Waals surface area contributed by atoms with Crippen molar-refractivity contribution in [2.45, 2.75) is 57.3 Å². The van der Waals surface area contributed by atoms with Gasteiger partial charge in [-0.25, -0.2) is 9.78 Å². The fourth-order valence-corrected chi connectivity index (χ4v) is 3.00. The van der Waals surface area contributed by atoms with E-state index in [1.54, 1.807) is 13.8 Å². The smallest absolute Gasteiger partial charge is 0.327 e. The van der Waals surface area contributed by atoms with Crippen LogP contribution in [0, 0.1) is 5.92 Å². The summed E-state index contributed by atoms with van der Waals surface area (Å²) in [6.07, 6.45) is 2.38. The summed E-state index contributed by atoms with van der Waals surface area (Å²) in [6.45, 7) is 3.32. The van der Waals surface area contributed by atoms with Crippen molar-refractivity contribution in [3.05, 3.63) is 18.2 Å². The number of carbonyl (C=O) groups excluding carboxylic acids is 3. The summed E-state index contributed by atoms with van der Waals surface area (Å²) in [6, 6.07) is -4.66. The van der Waals surface area contributed by atoms with Gasteiger partial charge in [-0.15, -0.1) is 0 Å². The number of carbonyl (C=O) groups is 5. The van der Waals surface area contributed by atoms with E-state index < -0.39 is 59.7 Å². The summed E-state index contributed by atoms with van der Waals surface area (Å²) in [4.78, 5) is 66.6. The zero-order chi connectivity index (χ0) is 25.1. The topological polar surface area (TPSA) is 217 Å². The number of hydrogen-bond acceptors (Lipinski definition) is 8. The Kier molecular flexibility index (Phi) is 11.4. The van der Waals surface area contributed by atoms with Gasteiger partial charge < -0.3 is 36.9 Å². The van der Waals surface area contributed by atoms with E-state index in [-0.39, 0.29) is 25.0 Å². The molecule has 0 bridgehead atoms. The second kappa shape index (κ2) is 13.4. The molecule has 0 spiro atoms. The maximum absolute atomic E-state index is 13.0. The Hall–Kier alpha value is -3.13. The van der Waals surface area contributed by atoms with Gasteiger partial charge >= 0.3 is 11.9 Å². The van der Waals surface area contributed by atoms with E-state index in [1.165, 1.54) is 12.5 Å². The highest BCUT2D eigenvalue weighted by molar-refractivity contribution is 7.80. The highest BCUT2D eigenvalue weighted by atomic mass is 32.1. The number of aromatic amines is 1. The summed E-state index contributed by atoms with van der Waals surface area (Å²) in [7, 11) is 0. The lowest BCUT2D eigenvalue weighted by atomic mass is 10.0. The van der Waals surface area contributed by atoms with Gasteiger partial charge in [0.25, 0.3) is 0 Å². The zero-order valence-electron chi connectivity index (χ0n) is 18.3. The maximum atomic E-state index is 13.0. The molecule has 184 valence electrons. The molecule has 0 radical (unpaired) electrons. The average Bonchev–Trinajstić information content (AvgIpc) is 3.25. The maximum Gasteiger partial charge on any atom is 0.327 e. The molecule has 0 fully saturated rings. The first-order chi connectivity index (χ1) is 15.5. The third kappa shape index (κ3) is 9.49. The Morgan fingerprint density at radius 3 is 2.18 bits per heavy atom. The third-order valence-electron chi connectivity index (χ3n) is 4.66. The Morgan fingerprint density at radius 2 is 1.70 bits per heavy atom. The highest BCUT2D eigenvalue weighted by Crippen LogP contribution is 2.07. The van der Waals surface area contributed by atoms with E-state index in [0.29, 0.717) is 5.69 Å². The van der Waals surface area contributed by atoms with Crippen molar-refractivity contribution in [1.82, 2.24) is 25.9 Å². The molecule has 1 heterocycles. The average molecular weight is 487 g/mol. The zero-order valence-corrected chi connectivity index (χ0v) is 19.2. The molecule has 0 aromatic carbocycles. The van der Waals surface area contributed by atoms with Crippen LogP contribution in [0.1, 0.15) is 32.4 Å². The molecule has 33 heavy (non-hydrogen) atoms. The van der Waals surface area contributed by atoms with Gasteiger partial charge in [-0.05, 0) is 12.3 Å². The van der Waals surface area contributed by atoms with Crippen LogP contribution in [0.5, 0.6) is 0 Å². The molecule has 1 aromatic heterocycles. The van der Waals surface area contributed by atoms with Crippen molar-refractivity contribution in [2.75, 3.05) is 5.75 Å². The predicted molar refractivity (Wildman–Crippen MR) is 119 cm³/mol. The van der Waals surface area contributed by atoms with Crippen LogP contribution in [0.4, 0.5) is 0 Å². The van der Waals surface area contributed by atoms with Crippen LogP contribution in [0.2, 0.25) is 0 Å². The molecule has 0 saturated heterocycles. The van der Waals surface area contributed by atoms with E-state index >= 15 is 0 Å². The van der Waals surface area contributed by atoms with Crippen LogP contribution >= 0.6 is 12.6 Å². The minimum absolute atomic E-state index is 0.00987. The lowest BCUT2D eigenvalue weighted by Gasteiger charge is -2.26. The highest BCUT2D eigenvalue weighted by Gasteiger charge is 2.32. The van der Waals surface area contributed by atoms with Crippen LogP contribution in [0.15, 0.2) is 12.5 Å². The first kappa shape index (κ1) is 27.9. The molecule has 14 heteroatoms. The van der Waals surface area contributed by atoms with Crippen molar-refractivity contribution in [2.24, 2.45) is 11.7 Å². The molecule has 13 nitrogen and oxygen atoms in total. The number of thiol groups is 1. The van der Waals surface area contributed by atoms with Crippen LogP contribution in [-0.2, 0) is 30.4 Å². The van der Waals surface area contributed by atoms with E-state index in [0.717, 1.165) is 0 Å². The fourth-order valence-electron chi connectivity index (χ4n) is 2.75. The summed E-state index contributed by atoms with van der Waals surface area (Å²) in [5.41, 5.74) is 6.24. The predicted octanol–water partition coefficient (Wildman–Crippen LogP) is -1.73. The molecule has 0 aliphatic rings. The number of carboxylic acid groups (broad SMARTS) is 2. The molecular weight excluding hydrogens is 456 g/mol. The summed E-state index contributed by atoms with van der Waals surface area (Å²) in [5, 5.41) is 25.2. The molecule has 1 aromatic rings. The Morgan fingerprint density at radius 1 is 1.06 bits per heavy atom. The van der Waals surface area contributed by atoms with Crippen LogP contribution in [0.3, 0.4) is 0 Å². The summed E-state index contributed by atoms with van der Waals surface area (Å²) in [5.74, 6) is -5.11. The van der Waals surface area contributed by atoms with Gasteiger partial charge in [-0.2, -0.15) is 12.6 Å². The normalized spacial score (nSPS) is 14.6. The van der Waals surface area contributed by atoms with Crippen molar-refractivity contribution in [3.63, 3.8) is 0 Å². The van der Waals surface area contributed by atoms with Gasteiger partial charge in [-0.1, -0.05) is 13.8 Å². The second-order valence-electron chi connectivity index (χ2n) is 7.69. The molecule has 4 atom stereocenters. The number of nitrogens with one attached hydrogen (secondary N) is 4. The lowest BCUT2D eigenvalue weighted by Crippen LogP contribution is -2.59. The van der Waals surface area contributed by atoms with Crippen LogP contribution in [0.25, 0.3) is 0 Å². The number of hydrogen-bond donors (Lipinski definition) is 8. The molecule has 8 N–H and O–H groups in total. The molecule has 4 unspecified atom stereocenters. The van der Waals surface area contributed by atoms with E-state index in [4.69, 9.17) is 15.9 Å². The third-order valence-corrected chi connectivity index (χ3v) is 5.03. The van der Waals surface area contributed by atoms with E-state index in [1.807, 2.05) is 0 Å². The number of aromatic nitrogens is 2. The van der Waals surface area contributed by atoms with Crippen molar-refractivity contribution >= 4 is 42.3 Å². The van der Waals surface area contributed by atoms with Crippen molar-refractivity contribution in [1.29, 1.82) is 0 Å². The lowest BCUT2D eigenvalue weighted by molar-refractivity contribution is -0.142. The molecule has 0 aliphatic carbocycles. The standard InChI is InChI=1S/C19H30N6O7S/c1-9(2)15(18(30)24-13(7-33)19(31)32)25-17(29)12(5-10-6-21-8-22-10)23-16(28)11(20)3-4-14(26)27/h6,8-9,11-13,15,33H,3-5,7,20H2,1-2H3,(H,21,22)(H,23,28)(H,24,30)(H,25,29)(H,26,27)(H,31,32). The first-order valence-electron chi connectivity index (χ1n) is 10.2. The molecule has 3 amide bonds. The van der Waals surface area contributed by atoms with Gasteiger partial charge in [0.15, 0.2) is 0 Å². The van der Waals surface area contributed by atoms with Crippen LogP contribution < -0.4 is 21.7 Å². The Balaban J connectivity index is 2.97. The largest absolute Gasteiger partial charge is 0.481 e. The van der Waals surface area contributed by atoms with E-state index in [9.17, 15) is 24.0 Å². The van der Waals surface area contributed by atoms with Gasteiger partial charge in [-0.3, -0.25) is 19.2 Å². The Labute approximate surface area is 195 Å². The number of amides is 3. The number of nitrogens with zero attached hydrogens (tertiary/aromatic N) is 1. The minimum atomic E-state index is -1.27. The molecular formula is C19H30N6O7S. The van der Waals surface area contributed by atoms with Gasteiger partial charge in [0, 0.05) is 30.5 Å². The molecule has 1 rings (SSSR count). The van der Waals surface area contributed by atoms with Gasteiger partial charge in [0.2, 0.25) is 17.7 Å². The quantitative estimate of drug-likeness (QED) is 0.140. The number of H-pyrrole nitrogens is 1. The second-order valence-corrected chi connectivity index (χ2v) is 8.06. The monoisotopic (exact) mass is 486 g/mol. The van der Waals surface area contributed by atoms with Gasteiger partial charge in [0.05, 0.1) is 12.4 Å². The van der Waals surface area contributed by atoms with Crippen molar-refractivity contribution in [3.8, 4) is 0 Å².